The molecule has 82 valence electrons. The minimum absolute atomic E-state index is 0.149. The molecule has 1 saturated carbocycles. The van der Waals surface area contributed by atoms with Crippen LogP contribution in [0.15, 0.2) is 0 Å². The molecule has 1 amide bonds. The summed E-state index contributed by atoms with van der Waals surface area (Å²) in [5, 5.41) is 2.97. The normalized spacial score (nSPS) is 20.2. The monoisotopic (exact) mass is 198 g/mol. The highest BCUT2D eigenvalue weighted by molar-refractivity contribution is 5.76. The molecule has 3 heteroatoms. The van der Waals surface area contributed by atoms with Gasteiger partial charge in [0.25, 0.3) is 0 Å². The number of hydrogen-bond acceptors (Lipinski definition) is 2. The second kappa shape index (κ2) is 5.35. The molecule has 14 heavy (non-hydrogen) atoms. The van der Waals surface area contributed by atoms with E-state index in [9.17, 15) is 4.79 Å². The third-order valence-corrected chi connectivity index (χ3v) is 2.98. The summed E-state index contributed by atoms with van der Waals surface area (Å²) in [5.74, 6) is 1.95. The average Bonchev–Trinajstić information content (AvgIpc) is 2.97. The topological polar surface area (TPSA) is 55.1 Å². The van der Waals surface area contributed by atoms with Crippen molar-refractivity contribution in [2.75, 3.05) is 13.1 Å². The quantitative estimate of drug-likeness (QED) is 0.672. The molecule has 0 heterocycles. The molecule has 0 bridgehead atoms. The molecule has 0 spiro atoms. The van der Waals surface area contributed by atoms with Crippen LogP contribution >= 0.6 is 0 Å². The molecule has 3 nitrogen and oxygen atoms in total. The van der Waals surface area contributed by atoms with E-state index in [0.29, 0.717) is 24.8 Å². The molecule has 0 saturated heterocycles. The van der Waals surface area contributed by atoms with Gasteiger partial charge in [0.2, 0.25) is 5.91 Å². The van der Waals surface area contributed by atoms with E-state index >= 15 is 0 Å². The van der Waals surface area contributed by atoms with Crippen LogP contribution in [0.5, 0.6) is 0 Å². The van der Waals surface area contributed by atoms with Gasteiger partial charge in [0.1, 0.15) is 0 Å². The number of nitrogens with two attached hydrogens (primary N) is 1. The highest BCUT2D eigenvalue weighted by Gasteiger charge is 2.27. The lowest BCUT2D eigenvalue weighted by atomic mass is 10.1. The van der Waals surface area contributed by atoms with Crippen molar-refractivity contribution in [1.29, 1.82) is 0 Å². The van der Waals surface area contributed by atoms with E-state index in [0.717, 1.165) is 12.5 Å². The predicted octanol–water partition coefficient (Wildman–Crippen LogP) is 1.13. The highest BCUT2D eigenvalue weighted by atomic mass is 16.1. The maximum absolute atomic E-state index is 11.4. The first-order valence-corrected chi connectivity index (χ1v) is 5.60. The van der Waals surface area contributed by atoms with Gasteiger partial charge in [-0.1, -0.05) is 13.8 Å². The summed E-state index contributed by atoms with van der Waals surface area (Å²) in [7, 11) is 0. The van der Waals surface area contributed by atoms with E-state index in [-0.39, 0.29) is 5.91 Å². The van der Waals surface area contributed by atoms with E-state index in [1.54, 1.807) is 0 Å². The Balaban J connectivity index is 2.07. The number of carbonyl (C=O) groups is 1. The molecule has 1 rings (SSSR count). The molecule has 0 aromatic carbocycles. The van der Waals surface area contributed by atoms with Gasteiger partial charge in [0.05, 0.1) is 0 Å². The summed E-state index contributed by atoms with van der Waals surface area (Å²) in [6.07, 6.45) is 3.25. The van der Waals surface area contributed by atoms with Gasteiger partial charge in [0, 0.05) is 13.0 Å². The zero-order valence-electron chi connectivity index (χ0n) is 9.25. The van der Waals surface area contributed by atoms with Gasteiger partial charge in [-0.05, 0) is 37.1 Å². The zero-order valence-corrected chi connectivity index (χ0v) is 9.25. The fraction of sp³-hybridized carbons (Fsp3) is 0.909. The summed E-state index contributed by atoms with van der Waals surface area (Å²) in [6, 6.07) is 0. The number of nitrogens with one attached hydrogen (secondary N) is 1. The van der Waals surface area contributed by atoms with Crippen molar-refractivity contribution in [3.63, 3.8) is 0 Å². The maximum atomic E-state index is 11.4. The predicted molar refractivity (Wildman–Crippen MR) is 57.7 cm³/mol. The SMILES string of the molecule is CC(CN)CC(=O)NCC(C)C1CC1. The van der Waals surface area contributed by atoms with Crippen LogP contribution in [-0.4, -0.2) is 19.0 Å². The van der Waals surface area contributed by atoms with E-state index < -0.39 is 0 Å². The molecule has 2 unspecified atom stereocenters. The minimum Gasteiger partial charge on any atom is -0.356 e. The van der Waals surface area contributed by atoms with E-state index in [1.165, 1.54) is 12.8 Å². The van der Waals surface area contributed by atoms with Crippen molar-refractivity contribution in [3.8, 4) is 0 Å². The maximum Gasteiger partial charge on any atom is 0.220 e. The summed E-state index contributed by atoms with van der Waals surface area (Å²) in [5.41, 5.74) is 5.45. The molecular weight excluding hydrogens is 176 g/mol. The molecule has 3 N–H and O–H groups in total. The Morgan fingerprint density at radius 3 is 2.64 bits per heavy atom. The van der Waals surface area contributed by atoms with Crippen LogP contribution < -0.4 is 11.1 Å². The Bertz CT molecular complexity index is 190. The Morgan fingerprint density at radius 2 is 2.14 bits per heavy atom. The lowest BCUT2D eigenvalue weighted by Gasteiger charge is -2.13. The largest absolute Gasteiger partial charge is 0.356 e. The highest BCUT2D eigenvalue weighted by Crippen LogP contribution is 2.36. The molecule has 1 aliphatic rings. The minimum atomic E-state index is 0.149. The fourth-order valence-electron chi connectivity index (χ4n) is 1.58. The second-order valence-corrected chi connectivity index (χ2v) is 4.66. The molecule has 1 aliphatic carbocycles. The Hall–Kier alpha value is -0.570. The Morgan fingerprint density at radius 1 is 1.50 bits per heavy atom. The van der Waals surface area contributed by atoms with Crippen molar-refractivity contribution in [2.24, 2.45) is 23.5 Å². The first-order chi connectivity index (χ1) is 6.63. The van der Waals surface area contributed by atoms with Gasteiger partial charge in [-0.3, -0.25) is 4.79 Å². The van der Waals surface area contributed by atoms with Crippen molar-refractivity contribution in [1.82, 2.24) is 5.32 Å². The smallest absolute Gasteiger partial charge is 0.220 e. The van der Waals surface area contributed by atoms with Crippen molar-refractivity contribution in [3.05, 3.63) is 0 Å². The van der Waals surface area contributed by atoms with Crippen molar-refractivity contribution in [2.45, 2.75) is 33.1 Å². The molecule has 0 aromatic heterocycles. The van der Waals surface area contributed by atoms with Gasteiger partial charge in [-0.2, -0.15) is 0 Å². The molecular formula is C11H22N2O. The first kappa shape index (κ1) is 11.5. The third-order valence-electron chi connectivity index (χ3n) is 2.98. The van der Waals surface area contributed by atoms with Crippen molar-refractivity contribution >= 4 is 5.91 Å². The van der Waals surface area contributed by atoms with E-state index in [1.807, 2.05) is 6.92 Å². The lowest BCUT2D eigenvalue weighted by Crippen LogP contribution is -2.31. The van der Waals surface area contributed by atoms with Crippen LogP contribution in [0.2, 0.25) is 0 Å². The summed E-state index contributed by atoms with van der Waals surface area (Å²) in [6.45, 7) is 5.64. The van der Waals surface area contributed by atoms with Gasteiger partial charge in [-0.25, -0.2) is 0 Å². The van der Waals surface area contributed by atoms with Crippen LogP contribution in [0.3, 0.4) is 0 Å². The fourth-order valence-corrected chi connectivity index (χ4v) is 1.58. The third kappa shape index (κ3) is 4.09. The number of rotatable bonds is 6. The summed E-state index contributed by atoms with van der Waals surface area (Å²) in [4.78, 5) is 11.4. The van der Waals surface area contributed by atoms with E-state index in [2.05, 4.69) is 12.2 Å². The lowest BCUT2D eigenvalue weighted by molar-refractivity contribution is -0.122. The molecule has 0 aromatic rings. The van der Waals surface area contributed by atoms with Gasteiger partial charge in [-0.15, -0.1) is 0 Å². The average molecular weight is 198 g/mol. The van der Waals surface area contributed by atoms with Crippen LogP contribution in [0.1, 0.15) is 33.1 Å². The van der Waals surface area contributed by atoms with Crippen molar-refractivity contribution < 1.29 is 4.79 Å². The number of hydrogen-bond donors (Lipinski definition) is 2. The van der Waals surface area contributed by atoms with Gasteiger partial charge >= 0.3 is 0 Å². The molecule has 2 atom stereocenters. The standard InChI is InChI=1S/C11H22N2O/c1-8(6-12)5-11(14)13-7-9(2)10-3-4-10/h8-10H,3-7,12H2,1-2H3,(H,13,14). The molecule has 0 radical (unpaired) electrons. The number of amides is 1. The van der Waals surface area contributed by atoms with Crippen LogP contribution in [-0.2, 0) is 4.79 Å². The van der Waals surface area contributed by atoms with Crippen LogP contribution in [0.25, 0.3) is 0 Å². The van der Waals surface area contributed by atoms with Crippen LogP contribution in [0.4, 0.5) is 0 Å². The first-order valence-electron chi connectivity index (χ1n) is 5.60. The zero-order chi connectivity index (χ0) is 10.6. The van der Waals surface area contributed by atoms with Gasteiger partial charge < -0.3 is 11.1 Å². The Labute approximate surface area is 86.4 Å². The molecule has 1 fully saturated rings. The Kier molecular flexibility index (Phi) is 4.39. The molecule has 0 aliphatic heterocycles. The summed E-state index contributed by atoms with van der Waals surface area (Å²) >= 11 is 0. The van der Waals surface area contributed by atoms with Gasteiger partial charge in [0.15, 0.2) is 0 Å². The number of carbonyl (C=O) groups excluding carboxylic acids is 1. The summed E-state index contributed by atoms with van der Waals surface area (Å²) < 4.78 is 0. The van der Waals surface area contributed by atoms with E-state index in [4.69, 9.17) is 5.73 Å². The second-order valence-electron chi connectivity index (χ2n) is 4.66. The van der Waals surface area contributed by atoms with Crippen LogP contribution in [0, 0.1) is 17.8 Å².